The van der Waals surface area contributed by atoms with E-state index in [1.165, 1.54) is 12.1 Å². The van der Waals surface area contributed by atoms with E-state index >= 15 is 0 Å². The van der Waals surface area contributed by atoms with Crippen LogP contribution in [0, 0.1) is 5.82 Å². The van der Waals surface area contributed by atoms with Crippen molar-refractivity contribution in [3.8, 4) is 0 Å². The monoisotopic (exact) mass is 308 g/mol. The van der Waals surface area contributed by atoms with Gasteiger partial charge in [0.05, 0.1) is 11.6 Å². The van der Waals surface area contributed by atoms with Crippen molar-refractivity contribution in [1.82, 2.24) is 0 Å². The van der Waals surface area contributed by atoms with E-state index in [-0.39, 0.29) is 11.7 Å². The summed E-state index contributed by atoms with van der Waals surface area (Å²) in [6, 6.07) is 14.3. The molecule has 20 heavy (non-hydrogen) atoms. The number of alkyl halides is 1. The van der Waals surface area contributed by atoms with E-state index in [9.17, 15) is 4.39 Å². The molecule has 2 nitrogen and oxygen atoms in total. The molecular weight excluding hydrogens is 295 g/mol. The zero-order valence-corrected chi connectivity index (χ0v) is 12.3. The Hall–Kier alpha value is -1.52. The number of thioether (sulfide) groups is 1. The number of aliphatic imine (C=N–C) groups is 1. The van der Waals surface area contributed by atoms with Crippen molar-refractivity contribution in [3.05, 3.63) is 59.9 Å². The number of nitrogens with zero attached hydrogens (tertiary/aromatic N) is 1. The quantitative estimate of drug-likeness (QED) is 0.386. The highest BCUT2D eigenvalue weighted by Crippen LogP contribution is 2.31. The van der Waals surface area contributed by atoms with Crippen molar-refractivity contribution in [2.75, 3.05) is 5.88 Å². The third-order valence-corrected chi connectivity index (χ3v) is 3.96. The first-order chi connectivity index (χ1) is 9.69. The van der Waals surface area contributed by atoms with Crippen LogP contribution in [0.25, 0.3) is 0 Å². The van der Waals surface area contributed by atoms with Gasteiger partial charge in [0.15, 0.2) is 0 Å². The Kier molecular flexibility index (Phi) is 5.44. The van der Waals surface area contributed by atoms with Gasteiger partial charge in [0, 0.05) is 10.6 Å². The number of halogens is 2. The lowest BCUT2D eigenvalue weighted by atomic mass is 10.2. The second kappa shape index (κ2) is 7.31. The fourth-order valence-corrected chi connectivity index (χ4v) is 2.64. The molecule has 0 radical (unpaired) electrons. The highest BCUT2D eigenvalue weighted by molar-refractivity contribution is 7.98. The van der Waals surface area contributed by atoms with Crippen LogP contribution in [0.5, 0.6) is 0 Å². The fraction of sp³-hybridized carbons (Fsp3) is 0.133. The largest absolute Gasteiger partial charge is 0.386 e. The van der Waals surface area contributed by atoms with Gasteiger partial charge in [-0.25, -0.2) is 9.38 Å². The molecule has 0 aliphatic rings. The standard InChI is InChI=1S/C15H14ClFN2S/c16-9-15(18)19-13-6-1-2-7-14(13)20-10-11-4-3-5-12(17)8-11/h1-8H,9-10H2,(H2,18,19). The van der Waals surface area contributed by atoms with Crippen LogP contribution in [0.2, 0.25) is 0 Å². The molecule has 0 aliphatic carbocycles. The van der Waals surface area contributed by atoms with Gasteiger partial charge in [-0.05, 0) is 29.8 Å². The second-order valence-electron chi connectivity index (χ2n) is 4.12. The van der Waals surface area contributed by atoms with Crippen molar-refractivity contribution in [2.24, 2.45) is 10.7 Å². The van der Waals surface area contributed by atoms with Crippen molar-refractivity contribution >= 4 is 34.9 Å². The first-order valence-corrected chi connectivity index (χ1v) is 7.56. The molecule has 0 spiro atoms. The van der Waals surface area contributed by atoms with Gasteiger partial charge in [-0.2, -0.15) is 0 Å². The van der Waals surface area contributed by atoms with E-state index < -0.39 is 0 Å². The fourth-order valence-electron chi connectivity index (χ4n) is 1.64. The lowest BCUT2D eigenvalue weighted by molar-refractivity contribution is 0.626. The summed E-state index contributed by atoms with van der Waals surface area (Å²) in [6.45, 7) is 0. The van der Waals surface area contributed by atoms with Crippen LogP contribution in [-0.4, -0.2) is 11.7 Å². The van der Waals surface area contributed by atoms with Gasteiger partial charge in [-0.1, -0.05) is 24.3 Å². The van der Waals surface area contributed by atoms with E-state index in [4.69, 9.17) is 17.3 Å². The van der Waals surface area contributed by atoms with E-state index in [1.807, 2.05) is 30.3 Å². The first-order valence-electron chi connectivity index (χ1n) is 6.04. The number of rotatable bonds is 5. The first kappa shape index (κ1) is 14.9. The van der Waals surface area contributed by atoms with Crippen molar-refractivity contribution in [3.63, 3.8) is 0 Å². The zero-order valence-electron chi connectivity index (χ0n) is 10.7. The Labute approximate surface area is 126 Å². The summed E-state index contributed by atoms with van der Waals surface area (Å²) in [6.07, 6.45) is 0. The Bertz CT molecular complexity index is 616. The van der Waals surface area contributed by atoms with Crippen molar-refractivity contribution in [1.29, 1.82) is 0 Å². The molecular formula is C15H14ClFN2S. The molecule has 0 unspecified atom stereocenters. The van der Waals surface area contributed by atoms with E-state index in [1.54, 1.807) is 17.8 Å². The van der Waals surface area contributed by atoms with Gasteiger partial charge >= 0.3 is 0 Å². The Balaban J connectivity index is 2.13. The van der Waals surface area contributed by atoms with Gasteiger partial charge < -0.3 is 5.73 Å². The van der Waals surface area contributed by atoms with Crippen LogP contribution in [0.4, 0.5) is 10.1 Å². The molecule has 0 saturated heterocycles. The number of hydrogen-bond acceptors (Lipinski definition) is 2. The molecule has 0 aromatic heterocycles. The molecule has 0 fully saturated rings. The average molecular weight is 309 g/mol. The molecule has 0 amide bonds. The predicted molar refractivity (Wildman–Crippen MR) is 84.4 cm³/mol. The molecule has 0 saturated carbocycles. The summed E-state index contributed by atoms with van der Waals surface area (Å²) < 4.78 is 13.1. The van der Waals surface area contributed by atoms with Gasteiger partial charge in [-0.15, -0.1) is 23.4 Å². The minimum atomic E-state index is -0.221. The molecule has 0 aliphatic heterocycles. The number of nitrogens with two attached hydrogens (primary N) is 1. The van der Waals surface area contributed by atoms with Crippen LogP contribution in [0.15, 0.2) is 58.4 Å². The van der Waals surface area contributed by atoms with Crippen LogP contribution >= 0.6 is 23.4 Å². The molecule has 5 heteroatoms. The number of benzene rings is 2. The van der Waals surface area contributed by atoms with Crippen molar-refractivity contribution in [2.45, 2.75) is 10.6 Å². The summed E-state index contributed by atoms with van der Waals surface area (Å²) in [4.78, 5) is 5.27. The molecule has 0 bridgehead atoms. The topological polar surface area (TPSA) is 38.4 Å². The van der Waals surface area contributed by atoms with Crippen molar-refractivity contribution < 1.29 is 4.39 Å². The van der Waals surface area contributed by atoms with Crippen LogP contribution < -0.4 is 5.73 Å². The SMILES string of the molecule is NC(CCl)=Nc1ccccc1SCc1cccc(F)c1. The maximum absolute atomic E-state index is 13.1. The molecule has 104 valence electrons. The maximum atomic E-state index is 13.1. The summed E-state index contributed by atoms with van der Waals surface area (Å²) in [7, 11) is 0. The summed E-state index contributed by atoms with van der Waals surface area (Å²) >= 11 is 7.23. The summed E-state index contributed by atoms with van der Waals surface area (Å²) in [5.74, 6) is 1.03. The third kappa shape index (κ3) is 4.25. The lowest BCUT2D eigenvalue weighted by Gasteiger charge is -2.06. The molecule has 2 aromatic carbocycles. The smallest absolute Gasteiger partial charge is 0.123 e. The predicted octanol–water partition coefficient (Wildman–Crippen LogP) is 4.35. The molecule has 2 aromatic rings. The van der Waals surface area contributed by atoms with E-state index in [2.05, 4.69) is 4.99 Å². The summed E-state index contributed by atoms with van der Waals surface area (Å²) in [5, 5.41) is 0. The van der Waals surface area contributed by atoms with Crippen LogP contribution in [-0.2, 0) is 5.75 Å². The highest BCUT2D eigenvalue weighted by Gasteiger charge is 2.03. The number of amidine groups is 1. The minimum absolute atomic E-state index is 0.197. The highest BCUT2D eigenvalue weighted by atomic mass is 35.5. The van der Waals surface area contributed by atoms with Gasteiger partial charge in [0.2, 0.25) is 0 Å². The Morgan fingerprint density at radius 3 is 2.75 bits per heavy atom. The summed E-state index contributed by atoms with van der Waals surface area (Å²) in [5.41, 5.74) is 7.37. The maximum Gasteiger partial charge on any atom is 0.123 e. The van der Waals surface area contributed by atoms with Gasteiger partial charge in [-0.3, -0.25) is 0 Å². The van der Waals surface area contributed by atoms with Gasteiger partial charge in [0.1, 0.15) is 11.7 Å². The Morgan fingerprint density at radius 2 is 2.00 bits per heavy atom. The Morgan fingerprint density at radius 1 is 1.20 bits per heavy atom. The second-order valence-corrected chi connectivity index (χ2v) is 5.41. The van der Waals surface area contributed by atoms with Crippen LogP contribution in [0.3, 0.4) is 0 Å². The molecule has 2 N–H and O–H groups in total. The normalized spacial score (nSPS) is 11.6. The third-order valence-electron chi connectivity index (χ3n) is 2.55. The molecule has 0 heterocycles. The number of hydrogen-bond donors (Lipinski definition) is 1. The molecule has 0 atom stereocenters. The number of para-hydroxylation sites is 1. The lowest BCUT2D eigenvalue weighted by Crippen LogP contribution is -2.12. The van der Waals surface area contributed by atoms with E-state index in [0.717, 1.165) is 16.1 Å². The average Bonchev–Trinajstić information content (AvgIpc) is 2.46. The zero-order chi connectivity index (χ0) is 14.4. The van der Waals surface area contributed by atoms with Gasteiger partial charge in [0.25, 0.3) is 0 Å². The minimum Gasteiger partial charge on any atom is -0.386 e. The molecule has 2 rings (SSSR count). The van der Waals surface area contributed by atoms with E-state index in [0.29, 0.717) is 11.6 Å². The van der Waals surface area contributed by atoms with Crippen LogP contribution in [0.1, 0.15) is 5.56 Å².